The molecule has 0 spiro atoms. The molecule has 0 aliphatic rings. The molecule has 3 heteroatoms. The van der Waals surface area contributed by atoms with Crippen LogP contribution in [0.3, 0.4) is 0 Å². The Hall–Kier alpha value is 2.60. The van der Waals surface area contributed by atoms with Crippen LogP contribution in [0.25, 0.3) is 0 Å². The third-order valence-electron chi connectivity index (χ3n) is 0. The Labute approximate surface area is 110 Å². The molecule has 0 saturated heterocycles. The van der Waals surface area contributed by atoms with Gasteiger partial charge in [0.05, 0.1) is 5.60 Å². The first kappa shape index (κ1) is 16.3. The van der Waals surface area contributed by atoms with Crippen LogP contribution in [0.4, 0.5) is 0 Å². The van der Waals surface area contributed by atoms with E-state index in [0.717, 1.165) is 0 Å². The van der Waals surface area contributed by atoms with Crippen molar-refractivity contribution in [2.24, 2.45) is 0 Å². The van der Waals surface area contributed by atoms with Crippen LogP contribution in [-0.4, -0.2) is 91.6 Å². The summed E-state index contributed by atoms with van der Waals surface area (Å²) in [5.74, 6) is 0. The van der Waals surface area contributed by atoms with E-state index >= 15 is 0 Å². The van der Waals surface area contributed by atoms with Crippen LogP contribution in [0.5, 0.6) is 0 Å². The Morgan fingerprint density at radius 3 is 1.14 bits per heavy atom. The molecule has 0 aliphatic heterocycles. The molecular formula is C4H12KNaO. The molecule has 0 aromatic rings. The minimum absolute atomic E-state index is 0. The molecular weight excluding hydrogens is 126 g/mol. The van der Waals surface area contributed by atoms with Crippen molar-refractivity contribution in [3.05, 3.63) is 0 Å². The Morgan fingerprint density at radius 1 is 1.14 bits per heavy atom. The average molecular weight is 138 g/mol. The maximum atomic E-state index is 8.52. The zero-order chi connectivity index (χ0) is 4.50. The molecule has 1 nitrogen and oxygen atoms in total. The molecule has 36 valence electrons. The zero-order valence-electron chi connectivity index (χ0n) is 3.95. The van der Waals surface area contributed by atoms with Crippen molar-refractivity contribution < 1.29 is 5.11 Å². The molecule has 0 radical (unpaired) electrons. The van der Waals surface area contributed by atoms with Crippen molar-refractivity contribution in [1.29, 1.82) is 0 Å². The van der Waals surface area contributed by atoms with Gasteiger partial charge in [0, 0.05) is 0 Å². The third-order valence-corrected chi connectivity index (χ3v) is 0. The van der Waals surface area contributed by atoms with Gasteiger partial charge in [0.2, 0.25) is 0 Å². The molecule has 0 aromatic carbocycles. The molecule has 0 fully saturated rings. The maximum absolute atomic E-state index is 8.52. The molecule has 1 N–H and O–H groups in total. The molecule has 0 saturated carbocycles. The van der Waals surface area contributed by atoms with E-state index in [0.29, 0.717) is 0 Å². The molecule has 0 rings (SSSR count). The van der Waals surface area contributed by atoms with Gasteiger partial charge >= 0.3 is 80.9 Å². The minimum atomic E-state index is -0.500. The molecule has 0 unspecified atom stereocenters. The first-order chi connectivity index (χ1) is 2.00. The van der Waals surface area contributed by atoms with Gasteiger partial charge in [0.15, 0.2) is 0 Å². The number of rotatable bonds is 0. The van der Waals surface area contributed by atoms with Crippen LogP contribution >= 0.6 is 0 Å². The molecule has 0 aliphatic carbocycles. The Kier molecular flexibility index (Phi) is 15.6. The second kappa shape index (κ2) is 6.71. The van der Waals surface area contributed by atoms with E-state index in [4.69, 9.17) is 5.11 Å². The quantitative estimate of drug-likeness (QED) is 0.447. The molecule has 7 heavy (non-hydrogen) atoms. The van der Waals surface area contributed by atoms with Crippen LogP contribution < -0.4 is 0 Å². The van der Waals surface area contributed by atoms with Gasteiger partial charge in [-0.05, 0) is 20.8 Å². The monoisotopic (exact) mass is 138 g/mol. The van der Waals surface area contributed by atoms with Crippen molar-refractivity contribution in [2.75, 3.05) is 0 Å². The summed E-state index contributed by atoms with van der Waals surface area (Å²) in [7, 11) is 0. The Morgan fingerprint density at radius 2 is 1.14 bits per heavy atom. The summed E-state index contributed by atoms with van der Waals surface area (Å²) in [5, 5.41) is 8.52. The molecule has 0 amide bonds. The SMILES string of the molecule is CC(C)(C)O.[KH].[NaH]. The van der Waals surface area contributed by atoms with E-state index in [1.165, 1.54) is 0 Å². The van der Waals surface area contributed by atoms with Crippen molar-refractivity contribution >= 4 is 80.9 Å². The van der Waals surface area contributed by atoms with Gasteiger partial charge in [-0.2, -0.15) is 0 Å². The first-order valence-corrected chi connectivity index (χ1v) is 1.72. The zero-order valence-corrected chi connectivity index (χ0v) is 3.95. The summed E-state index contributed by atoms with van der Waals surface area (Å²) in [5.41, 5.74) is -0.500. The predicted molar refractivity (Wildman–Crippen MR) is 36.3 cm³/mol. The predicted octanol–water partition coefficient (Wildman–Crippen LogP) is -0.520. The van der Waals surface area contributed by atoms with E-state index in [2.05, 4.69) is 0 Å². The van der Waals surface area contributed by atoms with Crippen LogP contribution in [0.2, 0.25) is 0 Å². The van der Waals surface area contributed by atoms with E-state index in [1.54, 1.807) is 20.8 Å². The molecule has 0 atom stereocenters. The fourth-order valence-corrected chi connectivity index (χ4v) is 0. The van der Waals surface area contributed by atoms with Gasteiger partial charge < -0.3 is 5.11 Å². The summed E-state index contributed by atoms with van der Waals surface area (Å²) in [6, 6.07) is 0. The van der Waals surface area contributed by atoms with E-state index in [-0.39, 0.29) is 80.9 Å². The Bertz CT molecular complexity index is 27.2. The van der Waals surface area contributed by atoms with Crippen molar-refractivity contribution in [3.63, 3.8) is 0 Å². The van der Waals surface area contributed by atoms with Crippen LogP contribution in [-0.2, 0) is 0 Å². The van der Waals surface area contributed by atoms with Crippen molar-refractivity contribution in [2.45, 2.75) is 26.4 Å². The van der Waals surface area contributed by atoms with E-state index < -0.39 is 5.60 Å². The van der Waals surface area contributed by atoms with Gasteiger partial charge in [-0.3, -0.25) is 0 Å². The number of aliphatic hydroxyl groups is 1. The second-order valence-corrected chi connectivity index (χ2v) is 2.17. The summed E-state index contributed by atoms with van der Waals surface area (Å²) in [4.78, 5) is 0. The van der Waals surface area contributed by atoms with Crippen LogP contribution in [0.1, 0.15) is 20.8 Å². The fourth-order valence-electron chi connectivity index (χ4n) is 0. The average Bonchev–Trinajstić information content (AvgIpc) is 0.722. The first-order valence-electron chi connectivity index (χ1n) is 1.72. The number of hydrogen-bond donors (Lipinski definition) is 1. The van der Waals surface area contributed by atoms with Gasteiger partial charge in [-0.1, -0.05) is 0 Å². The van der Waals surface area contributed by atoms with Crippen molar-refractivity contribution in [1.82, 2.24) is 0 Å². The van der Waals surface area contributed by atoms with Crippen LogP contribution in [0, 0.1) is 0 Å². The van der Waals surface area contributed by atoms with Gasteiger partial charge in [0.1, 0.15) is 0 Å². The standard InChI is InChI=1S/C4H10O.K.Na.2H/c1-4(2,3)5;;;;/h5H,1-3H3;;;;. The summed E-state index contributed by atoms with van der Waals surface area (Å²) < 4.78 is 0. The summed E-state index contributed by atoms with van der Waals surface area (Å²) >= 11 is 0. The topological polar surface area (TPSA) is 20.2 Å². The molecule has 0 heterocycles. The van der Waals surface area contributed by atoms with Crippen molar-refractivity contribution in [3.8, 4) is 0 Å². The van der Waals surface area contributed by atoms with E-state index in [1.807, 2.05) is 0 Å². The second-order valence-electron chi connectivity index (χ2n) is 2.17. The number of hydrogen-bond acceptors (Lipinski definition) is 1. The normalized spacial score (nSPS) is 8.57. The fraction of sp³-hybridized carbons (Fsp3) is 1.00. The summed E-state index contributed by atoms with van der Waals surface area (Å²) in [6.45, 7) is 5.23. The van der Waals surface area contributed by atoms with Gasteiger partial charge in [0.25, 0.3) is 0 Å². The van der Waals surface area contributed by atoms with E-state index in [9.17, 15) is 0 Å². The van der Waals surface area contributed by atoms with Gasteiger partial charge in [-0.25, -0.2) is 0 Å². The van der Waals surface area contributed by atoms with Crippen LogP contribution in [0.15, 0.2) is 0 Å². The summed E-state index contributed by atoms with van der Waals surface area (Å²) in [6.07, 6.45) is 0. The van der Waals surface area contributed by atoms with Gasteiger partial charge in [-0.15, -0.1) is 0 Å². The Balaban J connectivity index is -0.0000000800. The molecule has 0 aromatic heterocycles. The third kappa shape index (κ3) is 55.5. The molecule has 0 bridgehead atoms.